The van der Waals surface area contributed by atoms with Gasteiger partial charge in [0, 0.05) is 0 Å². The number of rotatable bonds is 20. The number of nitrogens with zero attached hydrogens (tertiary/aromatic N) is 1. The van der Waals surface area contributed by atoms with Gasteiger partial charge in [0.15, 0.2) is 6.23 Å². The molecule has 220 valence electrons. The number of aliphatic hydroxyl groups excluding tert-OH is 2. The number of halogens is 1. The lowest BCUT2D eigenvalue weighted by atomic mass is 10.0. The van der Waals surface area contributed by atoms with Crippen LogP contribution in [0.5, 0.6) is 0 Å². The molecule has 0 saturated carbocycles. The van der Waals surface area contributed by atoms with Crippen LogP contribution in [0.25, 0.3) is 0 Å². The molecule has 0 bridgehead atoms. The molecular formula is C25H44FN2O9P. The second-order valence-electron chi connectivity index (χ2n) is 9.88. The van der Waals surface area contributed by atoms with Crippen LogP contribution in [0.4, 0.5) is 4.39 Å². The summed E-state index contributed by atoms with van der Waals surface area (Å²) in [6.07, 6.45) is 11.0. The van der Waals surface area contributed by atoms with E-state index < -0.39 is 56.0 Å². The van der Waals surface area contributed by atoms with Gasteiger partial charge in [-0.2, -0.15) is 4.39 Å². The quantitative estimate of drug-likeness (QED) is 0.135. The molecular weight excluding hydrogens is 522 g/mol. The normalized spacial score (nSPS) is 23.1. The lowest BCUT2D eigenvalue weighted by Crippen LogP contribution is -2.38. The maximum Gasteiger partial charge on any atom is 0.472 e. The number of hydrogen-bond donors (Lipinski definition) is 4. The number of aromatic amines is 1. The minimum atomic E-state index is -4.44. The van der Waals surface area contributed by atoms with E-state index in [1.165, 1.54) is 64.2 Å². The van der Waals surface area contributed by atoms with Crippen molar-refractivity contribution in [3.63, 3.8) is 0 Å². The van der Waals surface area contributed by atoms with Crippen LogP contribution in [0.15, 0.2) is 15.8 Å². The fourth-order valence-electron chi connectivity index (χ4n) is 4.43. The third-order valence-corrected chi connectivity index (χ3v) is 7.67. The lowest BCUT2D eigenvalue weighted by molar-refractivity contribution is -0.0556. The summed E-state index contributed by atoms with van der Waals surface area (Å²) < 4.78 is 41.5. The molecule has 1 fully saturated rings. The first-order chi connectivity index (χ1) is 18.2. The van der Waals surface area contributed by atoms with E-state index in [0.29, 0.717) is 17.2 Å². The molecule has 11 nitrogen and oxygen atoms in total. The maximum atomic E-state index is 13.6. The van der Waals surface area contributed by atoms with Crippen molar-refractivity contribution in [2.24, 2.45) is 0 Å². The van der Waals surface area contributed by atoms with Crippen LogP contribution in [0.1, 0.15) is 103 Å². The van der Waals surface area contributed by atoms with Crippen molar-refractivity contribution in [3.8, 4) is 0 Å². The van der Waals surface area contributed by atoms with Gasteiger partial charge in [-0.1, -0.05) is 90.4 Å². The molecule has 13 heteroatoms. The summed E-state index contributed by atoms with van der Waals surface area (Å²) in [6, 6.07) is 0. The minimum absolute atomic E-state index is 0.0250. The van der Waals surface area contributed by atoms with E-state index >= 15 is 0 Å². The zero-order chi connectivity index (χ0) is 28.0. The number of aromatic nitrogens is 2. The standard InChI is InChI=1S/C25H44FN2O9P/c1-2-3-4-5-6-7-8-9-10-11-12-13-14-15-16-35-38(33,34)36-18-20-21(29)22(30)24(37-20)28-17-19(26)23(31)27-25(28)32/h17,20-22,24,29-30H,2-16,18H2,1H3,(H,33,34)(H,27,31,32)/t20-,21-,22-,24-/m1/s1. The summed E-state index contributed by atoms with van der Waals surface area (Å²) in [6.45, 7) is 1.63. The monoisotopic (exact) mass is 566 g/mol. The smallest absolute Gasteiger partial charge is 0.387 e. The molecule has 0 amide bonds. The van der Waals surface area contributed by atoms with Crippen LogP contribution < -0.4 is 11.2 Å². The Morgan fingerprint density at radius 1 is 0.921 bits per heavy atom. The molecule has 1 aromatic rings. The molecule has 2 rings (SSSR count). The Morgan fingerprint density at radius 2 is 1.45 bits per heavy atom. The second kappa shape index (κ2) is 17.3. The van der Waals surface area contributed by atoms with Crippen molar-refractivity contribution in [1.29, 1.82) is 0 Å². The van der Waals surface area contributed by atoms with Gasteiger partial charge in [0.05, 0.1) is 19.4 Å². The molecule has 1 aliphatic heterocycles. The van der Waals surface area contributed by atoms with Crippen LogP contribution in [0.3, 0.4) is 0 Å². The lowest BCUT2D eigenvalue weighted by Gasteiger charge is -2.18. The highest BCUT2D eigenvalue weighted by atomic mass is 31.2. The first kappa shape index (κ1) is 32.8. The Hall–Kier alpha value is -1.40. The highest BCUT2D eigenvalue weighted by Crippen LogP contribution is 2.44. The molecule has 0 radical (unpaired) electrons. The minimum Gasteiger partial charge on any atom is -0.387 e. The molecule has 1 unspecified atom stereocenters. The van der Waals surface area contributed by atoms with Crippen molar-refractivity contribution in [2.45, 2.75) is 121 Å². The Kier molecular flexibility index (Phi) is 15.0. The number of phosphoric acid groups is 1. The van der Waals surface area contributed by atoms with Gasteiger partial charge >= 0.3 is 13.5 Å². The predicted molar refractivity (Wildman–Crippen MR) is 139 cm³/mol. The van der Waals surface area contributed by atoms with Gasteiger partial charge in [0.2, 0.25) is 5.82 Å². The number of nitrogens with one attached hydrogen (secondary N) is 1. The molecule has 1 aromatic heterocycles. The van der Waals surface area contributed by atoms with Crippen molar-refractivity contribution in [2.75, 3.05) is 13.2 Å². The Balaban J connectivity index is 1.56. The highest BCUT2D eigenvalue weighted by Gasteiger charge is 2.45. The number of unbranched alkanes of at least 4 members (excludes halogenated alkanes) is 13. The molecule has 1 aliphatic rings. The number of hydrogen-bond acceptors (Lipinski definition) is 8. The Morgan fingerprint density at radius 3 is 2.00 bits per heavy atom. The van der Waals surface area contributed by atoms with E-state index in [4.69, 9.17) is 13.8 Å². The molecule has 1 saturated heterocycles. The fraction of sp³-hybridized carbons (Fsp3) is 0.840. The first-order valence-corrected chi connectivity index (χ1v) is 15.3. The van der Waals surface area contributed by atoms with Gasteiger partial charge in [-0.3, -0.25) is 23.4 Å². The van der Waals surface area contributed by atoms with Crippen molar-refractivity contribution >= 4 is 7.82 Å². The van der Waals surface area contributed by atoms with Gasteiger partial charge < -0.3 is 19.8 Å². The van der Waals surface area contributed by atoms with Crippen LogP contribution in [0, 0.1) is 5.82 Å². The molecule has 0 aromatic carbocycles. The van der Waals surface area contributed by atoms with E-state index in [1.807, 2.05) is 0 Å². The molecule has 5 atom stereocenters. The first-order valence-electron chi connectivity index (χ1n) is 13.8. The molecule has 2 heterocycles. The summed E-state index contributed by atoms with van der Waals surface area (Å²) in [5.41, 5.74) is -2.30. The van der Waals surface area contributed by atoms with Gasteiger partial charge in [0.25, 0.3) is 5.56 Å². The fourth-order valence-corrected chi connectivity index (χ4v) is 5.20. The predicted octanol–water partition coefficient (Wildman–Crippen LogP) is 3.91. The molecule has 0 aliphatic carbocycles. The molecule has 38 heavy (non-hydrogen) atoms. The summed E-state index contributed by atoms with van der Waals surface area (Å²) in [5, 5.41) is 20.3. The number of ether oxygens (including phenoxy) is 1. The topological polar surface area (TPSA) is 160 Å². The summed E-state index contributed by atoms with van der Waals surface area (Å²) >= 11 is 0. The third kappa shape index (κ3) is 11.4. The zero-order valence-electron chi connectivity index (χ0n) is 22.3. The van der Waals surface area contributed by atoms with Gasteiger partial charge in [-0.05, 0) is 6.42 Å². The largest absolute Gasteiger partial charge is 0.472 e. The van der Waals surface area contributed by atoms with Gasteiger partial charge in [-0.25, -0.2) is 9.36 Å². The zero-order valence-corrected chi connectivity index (χ0v) is 23.2. The molecule has 4 N–H and O–H groups in total. The SMILES string of the molecule is CCCCCCCCCCCCCCCCOP(=O)(O)OC[C@H]1O[C@@H](n2cc(F)c(=O)[nH]c2=O)[C@H](O)[C@@H]1O. The summed E-state index contributed by atoms with van der Waals surface area (Å²) in [4.78, 5) is 34.7. The second-order valence-corrected chi connectivity index (χ2v) is 11.3. The van der Waals surface area contributed by atoms with E-state index in [-0.39, 0.29) is 6.61 Å². The van der Waals surface area contributed by atoms with Crippen molar-refractivity contribution < 1.29 is 37.8 Å². The van der Waals surface area contributed by atoms with E-state index in [0.717, 1.165) is 19.3 Å². The van der Waals surface area contributed by atoms with Gasteiger partial charge in [-0.15, -0.1) is 0 Å². The van der Waals surface area contributed by atoms with Gasteiger partial charge in [0.1, 0.15) is 18.3 Å². The third-order valence-electron chi connectivity index (χ3n) is 6.69. The molecule has 0 spiro atoms. The van der Waals surface area contributed by atoms with E-state index in [9.17, 15) is 33.7 Å². The summed E-state index contributed by atoms with van der Waals surface area (Å²) in [7, 11) is -4.44. The highest BCUT2D eigenvalue weighted by molar-refractivity contribution is 7.47. The maximum absolute atomic E-state index is 13.6. The van der Waals surface area contributed by atoms with Crippen LogP contribution >= 0.6 is 7.82 Å². The van der Waals surface area contributed by atoms with Crippen molar-refractivity contribution in [1.82, 2.24) is 9.55 Å². The van der Waals surface area contributed by atoms with Crippen molar-refractivity contribution in [3.05, 3.63) is 32.9 Å². The Labute approximate surface area is 223 Å². The van der Waals surface area contributed by atoms with Crippen LogP contribution in [-0.2, 0) is 18.3 Å². The number of aliphatic hydroxyl groups is 2. The van der Waals surface area contributed by atoms with Crippen LogP contribution in [-0.4, -0.2) is 56.2 Å². The average molecular weight is 567 g/mol. The van der Waals surface area contributed by atoms with Crippen LogP contribution in [0.2, 0.25) is 0 Å². The van der Waals surface area contributed by atoms with E-state index in [1.54, 1.807) is 4.98 Å². The Bertz CT molecular complexity index is 973. The van der Waals surface area contributed by atoms with E-state index in [2.05, 4.69) is 6.92 Å². The number of H-pyrrole nitrogens is 1. The average Bonchev–Trinajstić information content (AvgIpc) is 3.16. The number of phosphoric ester groups is 1. The summed E-state index contributed by atoms with van der Waals surface area (Å²) in [5.74, 6) is -1.29.